The van der Waals surface area contributed by atoms with Gasteiger partial charge in [-0.05, 0) is 45.6 Å². The van der Waals surface area contributed by atoms with Gasteiger partial charge in [0.05, 0.1) is 15.4 Å². The number of nitrogens with two attached hydrogens (primary N) is 1. The molecule has 0 bridgehead atoms. The summed E-state index contributed by atoms with van der Waals surface area (Å²) in [7, 11) is 0. The molecule has 2 atom stereocenters. The van der Waals surface area contributed by atoms with Crippen LogP contribution in [0.25, 0.3) is 0 Å². The van der Waals surface area contributed by atoms with Crippen LogP contribution >= 0.6 is 15.9 Å². The highest BCUT2D eigenvalue weighted by atomic mass is 79.9. The molecule has 0 radical (unpaired) electrons. The van der Waals surface area contributed by atoms with Crippen molar-refractivity contribution in [1.29, 1.82) is 0 Å². The molecule has 0 fully saturated rings. The van der Waals surface area contributed by atoms with E-state index in [2.05, 4.69) is 27.3 Å². The van der Waals surface area contributed by atoms with Gasteiger partial charge in [0.25, 0.3) is 5.69 Å². The lowest BCUT2D eigenvalue weighted by molar-refractivity contribution is -0.385. The molecule has 0 spiro atoms. The monoisotopic (exact) mass is 347 g/mol. The van der Waals surface area contributed by atoms with Gasteiger partial charge >= 0.3 is 0 Å². The summed E-state index contributed by atoms with van der Waals surface area (Å²) in [6.07, 6.45) is 0.813. The SMILES string of the molecule is NC1CC(Nc2ccc([N+](=O)[O-])c(Br)c2)c2ccccc21. The van der Waals surface area contributed by atoms with Gasteiger partial charge < -0.3 is 11.1 Å². The fraction of sp³-hybridized carbons (Fsp3) is 0.200. The summed E-state index contributed by atoms with van der Waals surface area (Å²) in [5, 5.41) is 14.2. The Morgan fingerprint density at radius 1 is 1.24 bits per heavy atom. The topological polar surface area (TPSA) is 81.2 Å². The van der Waals surface area contributed by atoms with Crippen LogP contribution in [0.1, 0.15) is 29.6 Å². The predicted molar refractivity (Wildman–Crippen MR) is 85.1 cm³/mol. The number of benzene rings is 2. The maximum Gasteiger partial charge on any atom is 0.283 e. The lowest BCUT2D eigenvalue weighted by Crippen LogP contribution is -2.10. The van der Waals surface area contributed by atoms with Crippen LogP contribution in [0.15, 0.2) is 46.9 Å². The summed E-state index contributed by atoms with van der Waals surface area (Å²) < 4.78 is 0.466. The van der Waals surface area contributed by atoms with Crippen molar-refractivity contribution in [2.45, 2.75) is 18.5 Å². The number of hydrogen-bond donors (Lipinski definition) is 2. The minimum Gasteiger partial charge on any atom is -0.378 e. The molecule has 1 aliphatic carbocycles. The molecule has 2 aromatic rings. The Balaban J connectivity index is 1.85. The van der Waals surface area contributed by atoms with Crippen LogP contribution in [-0.2, 0) is 0 Å². The fourth-order valence-corrected chi connectivity index (χ4v) is 3.28. The van der Waals surface area contributed by atoms with E-state index in [0.717, 1.165) is 17.7 Å². The van der Waals surface area contributed by atoms with E-state index >= 15 is 0 Å². The Morgan fingerprint density at radius 3 is 2.62 bits per heavy atom. The fourth-order valence-electron chi connectivity index (χ4n) is 2.76. The third-order valence-corrected chi connectivity index (χ3v) is 4.38. The number of nitro groups is 1. The van der Waals surface area contributed by atoms with E-state index < -0.39 is 4.92 Å². The summed E-state index contributed by atoms with van der Waals surface area (Å²) >= 11 is 3.23. The second-order valence-corrected chi connectivity index (χ2v) is 5.95. The van der Waals surface area contributed by atoms with Crippen molar-refractivity contribution in [3.05, 3.63) is 68.2 Å². The third kappa shape index (κ3) is 2.64. The van der Waals surface area contributed by atoms with Crippen LogP contribution in [0.3, 0.4) is 0 Å². The first kappa shape index (κ1) is 14.0. The van der Waals surface area contributed by atoms with Crippen molar-refractivity contribution in [2.24, 2.45) is 5.73 Å². The highest BCUT2D eigenvalue weighted by Gasteiger charge is 2.28. The number of hydrogen-bond acceptors (Lipinski definition) is 4. The van der Waals surface area contributed by atoms with Gasteiger partial charge in [-0.25, -0.2) is 0 Å². The zero-order chi connectivity index (χ0) is 15.0. The molecular weight excluding hydrogens is 334 g/mol. The van der Waals surface area contributed by atoms with Crippen molar-refractivity contribution >= 4 is 27.3 Å². The highest BCUT2D eigenvalue weighted by Crippen LogP contribution is 2.39. The number of fused-ring (bicyclic) bond motifs is 1. The van der Waals surface area contributed by atoms with Crippen molar-refractivity contribution < 1.29 is 4.92 Å². The first-order valence-corrected chi connectivity index (χ1v) is 7.40. The van der Waals surface area contributed by atoms with Crippen molar-refractivity contribution in [3.8, 4) is 0 Å². The van der Waals surface area contributed by atoms with Crippen LogP contribution in [0.5, 0.6) is 0 Å². The maximum absolute atomic E-state index is 10.8. The Hall–Kier alpha value is -1.92. The first-order chi connectivity index (χ1) is 10.1. The number of nitrogens with zero attached hydrogens (tertiary/aromatic N) is 1. The molecule has 0 aromatic heterocycles. The van der Waals surface area contributed by atoms with Crippen LogP contribution in [0, 0.1) is 10.1 Å². The van der Waals surface area contributed by atoms with Crippen LogP contribution in [0.4, 0.5) is 11.4 Å². The van der Waals surface area contributed by atoms with E-state index in [1.807, 2.05) is 18.2 Å². The molecule has 108 valence electrons. The molecule has 21 heavy (non-hydrogen) atoms. The van der Waals surface area contributed by atoms with Crippen LogP contribution in [0.2, 0.25) is 0 Å². The molecule has 0 saturated heterocycles. The number of nitro benzene ring substituents is 1. The minimum absolute atomic E-state index is 0.0280. The zero-order valence-corrected chi connectivity index (χ0v) is 12.7. The molecule has 3 N–H and O–H groups in total. The van der Waals surface area contributed by atoms with Gasteiger partial charge in [0.15, 0.2) is 0 Å². The normalized spacial score (nSPS) is 20.1. The van der Waals surface area contributed by atoms with E-state index in [1.54, 1.807) is 12.1 Å². The van der Waals surface area contributed by atoms with Gasteiger partial charge in [-0.2, -0.15) is 0 Å². The Labute approximate surface area is 130 Å². The molecule has 6 heteroatoms. The van der Waals surface area contributed by atoms with Gasteiger partial charge in [-0.1, -0.05) is 24.3 Å². The zero-order valence-electron chi connectivity index (χ0n) is 11.1. The van der Waals surface area contributed by atoms with Gasteiger partial charge in [0.1, 0.15) is 0 Å². The van der Waals surface area contributed by atoms with E-state index in [9.17, 15) is 10.1 Å². The summed E-state index contributed by atoms with van der Waals surface area (Å²) in [6, 6.07) is 13.2. The maximum atomic E-state index is 10.8. The van der Waals surface area contributed by atoms with Gasteiger partial charge in [0.2, 0.25) is 0 Å². The Bertz CT molecular complexity index is 705. The molecule has 0 amide bonds. The largest absolute Gasteiger partial charge is 0.378 e. The molecule has 3 rings (SSSR count). The molecule has 1 aliphatic rings. The predicted octanol–water partition coefficient (Wildman–Crippen LogP) is 3.91. The average Bonchev–Trinajstić information content (AvgIpc) is 2.76. The van der Waals surface area contributed by atoms with E-state index in [1.165, 1.54) is 11.6 Å². The molecule has 2 unspecified atom stereocenters. The number of anilines is 1. The number of halogens is 1. The third-order valence-electron chi connectivity index (χ3n) is 3.75. The standard InChI is InChI=1S/C15H14BrN3O2/c16-12-7-9(5-6-15(12)19(20)21)18-14-8-13(17)10-3-1-2-4-11(10)14/h1-7,13-14,18H,8,17H2. The van der Waals surface area contributed by atoms with Gasteiger partial charge in [0, 0.05) is 17.8 Å². The van der Waals surface area contributed by atoms with E-state index in [0.29, 0.717) is 4.47 Å². The summed E-state index contributed by atoms with van der Waals surface area (Å²) in [5.74, 6) is 0. The van der Waals surface area contributed by atoms with Gasteiger partial charge in [-0.3, -0.25) is 10.1 Å². The van der Waals surface area contributed by atoms with Crippen LogP contribution < -0.4 is 11.1 Å². The Kier molecular flexibility index (Phi) is 3.65. The van der Waals surface area contributed by atoms with E-state index in [4.69, 9.17) is 5.73 Å². The quantitative estimate of drug-likeness (QED) is 0.651. The lowest BCUT2D eigenvalue weighted by Gasteiger charge is -2.15. The van der Waals surface area contributed by atoms with Gasteiger partial charge in [-0.15, -0.1) is 0 Å². The second-order valence-electron chi connectivity index (χ2n) is 5.09. The van der Waals surface area contributed by atoms with Crippen molar-refractivity contribution in [1.82, 2.24) is 0 Å². The van der Waals surface area contributed by atoms with Crippen LogP contribution in [-0.4, -0.2) is 4.92 Å². The summed E-state index contributed by atoms with van der Waals surface area (Å²) in [5.41, 5.74) is 9.40. The first-order valence-electron chi connectivity index (χ1n) is 6.61. The smallest absolute Gasteiger partial charge is 0.283 e. The second kappa shape index (κ2) is 5.46. The molecule has 5 nitrogen and oxygen atoms in total. The molecule has 0 saturated carbocycles. The van der Waals surface area contributed by atoms with Crippen molar-refractivity contribution in [2.75, 3.05) is 5.32 Å². The molecule has 0 heterocycles. The molecule has 0 aliphatic heterocycles. The number of nitrogens with one attached hydrogen (secondary N) is 1. The number of rotatable bonds is 3. The summed E-state index contributed by atoms with van der Waals surface area (Å²) in [6.45, 7) is 0. The molecular formula is C15H14BrN3O2. The Morgan fingerprint density at radius 2 is 1.95 bits per heavy atom. The molecule has 2 aromatic carbocycles. The van der Waals surface area contributed by atoms with Crippen molar-refractivity contribution in [3.63, 3.8) is 0 Å². The summed E-state index contributed by atoms with van der Waals surface area (Å²) in [4.78, 5) is 10.4. The average molecular weight is 348 g/mol. The highest BCUT2D eigenvalue weighted by molar-refractivity contribution is 9.10. The minimum atomic E-state index is -0.408. The lowest BCUT2D eigenvalue weighted by atomic mass is 10.1. The van der Waals surface area contributed by atoms with E-state index in [-0.39, 0.29) is 17.8 Å².